The van der Waals surface area contributed by atoms with E-state index in [0.717, 1.165) is 5.69 Å². The molecule has 7 nitrogen and oxygen atoms in total. The zero-order chi connectivity index (χ0) is 18.5. The average Bonchev–Trinajstić information content (AvgIpc) is 2.66. The molecule has 0 radical (unpaired) electrons. The number of hydrazone groups is 1. The Morgan fingerprint density at radius 2 is 1.65 bits per heavy atom. The molecule has 3 rings (SSSR count). The monoisotopic (exact) mass is 349 g/mol. The summed E-state index contributed by atoms with van der Waals surface area (Å²) in [6.07, 6.45) is 0. The molecule has 0 bridgehead atoms. The summed E-state index contributed by atoms with van der Waals surface area (Å²) in [5, 5.41) is 35.1. The lowest BCUT2D eigenvalue weighted by molar-refractivity contribution is -0.384. The highest BCUT2D eigenvalue weighted by atomic mass is 16.6. The molecule has 3 aromatic carbocycles. The Morgan fingerprint density at radius 3 is 2.31 bits per heavy atom. The van der Waals surface area contributed by atoms with E-state index >= 15 is 0 Å². The Morgan fingerprint density at radius 1 is 0.962 bits per heavy atom. The quantitative estimate of drug-likeness (QED) is 0.280. The van der Waals surface area contributed by atoms with Crippen LogP contribution in [0, 0.1) is 10.1 Å². The summed E-state index contributed by atoms with van der Waals surface area (Å²) < 4.78 is 0. The molecule has 0 aromatic heterocycles. The van der Waals surface area contributed by atoms with Gasteiger partial charge in [0.1, 0.15) is 17.2 Å². The minimum absolute atomic E-state index is 0.0351. The molecule has 0 aliphatic heterocycles. The molecule has 0 spiro atoms. The van der Waals surface area contributed by atoms with Crippen molar-refractivity contribution in [3.8, 4) is 11.5 Å². The van der Waals surface area contributed by atoms with Gasteiger partial charge < -0.3 is 10.2 Å². The molecule has 3 N–H and O–H groups in total. The molecule has 0 amide bonds. The number of phenolic OH excluding ortho intramolecular Hbond substituents is 2. The van der Waals surface area contributed by atoms with Crippen LogP contribution in [0.2, 0.25) is 0 Å². The van der Waals surface area contributed by atoms with Crippen molar-refractivity contribution in [3.63, 3.8) is 0 Å². The number of hydrogen-bond acceptors (Lipinski definition) is 6. The third-order valence-corrected chi connectivity index (χ3v) is 3.66. The van der Waals surface area contributed by atoms with Crippen LogP contribution in [-0.2, 0) is 0 Å². The molecule has 0 saturated carbocycles. The highest BCUT2D eigenvalue weighted by molar-refractivity contribution is 6.15. The van der Waals surface area contributed by atoms with Crippen LogP contribution in [0.1, 0.15) is 11.1 Å². The minimum Gasteiger partial charge on any atom is -0.508 e. The van der Waals surface area contributed by atoms with Gasteiger partial charge in [-0.3, -0.25) is 15.5 Å². The van der Waals surface area contributed by atoms with E-state index in [2.05, 4.69) is 10.5 Å². The van der Waals surface area contributed by atoms with Gasteiger partial charge in [0.15, 0.2) is 0 Å². The van der Waals surface area contributed by atoms with Crippen molar-refractivity contribution in [2.24, 2.45) is 5.10 Å². The second-order valence-corrected chi connectivity index (χ2v) is 5.44. The molecule has 0 fully saturated rings. The van der Waals surface area contributed by atoms with E-state index in [1.807, 2.05) is 30.3 Å². The van der Waals surface area contributed by atoms with Gasteiger partial charge in [0.2, 0.25) is 0 Å². The normalized spacial score (nSPS) is 11.2. The fourth-order valence-electron chi connectivity index (χ4n) is 2.37. The Hall–Kier alpha value is -3.87. The van der Waals surface area contributed by atoms with E-state index in [0.29, 0.717) is 16.8 Å². The van der Waals surface area contributed by atoms with Crippen LogP contribution in [0.15, 0.2) is 77.9 Å². The van der Waals surface area contributed by atoms with Gasteiger partial charge in [0.05, 0.1) is 10.6 Å². The number of nitro benzene ring substituents is 1. The first-order valence-corrected chi connectivity index (χ1v) is 7.70. The summed E-state index contributed by atoms with van der Waals surface area (Å²) in [4.78, 5) is 10.4. The number of nitro groups is 1. The minimum atomic E-state index is -0.491. The van der Waals surface area contributed by atoms with Gasteiger partial charge in [-0.25, -0.2) is 0 Å². The van der Waals surface area contributed by atoms with Gasteiger partial charge >= 0.3 is 0 Å². The average molecular weight is 349 g/mol. The first kappa shape index (κ1) is 17.0. The first-order chi connectivity index (χ1) is 12.5. The number of non-ortho nitro benzene ring substituents is 1. The third-order valence-electron chi connectivity index (χ3n) is 3.66. The van der Waals surface area contributed by atoms with Crippen LogP contribution >= 0.6 is 0 Å². The van der Waals surface area contributed by atoms with Crippen LogP contribution in [0.3, 0.4) is 0 Å². The van der Waals surface area contributed by atoms with Gasteiger partial charge in [0, 0.05) is 23.3 Å². The van der Waals surface area contributed by atoms with E-state index in [9.17, 15) is 20.3 Å². The molecule has 0 unspecified atom stereocenters. The van der Waals surface area contributed by atoms with Gasteiger partial charge in [-0.2, -0.15) is 5.10 Å². The lowest BCUT2D eigenvalue weighted by atomic mass is 10.0. The van der Waals surface area contributed by atoms with E-state index < -0.39 is 4.92 Å². The Balaban J connectivity index is 2.06. The van der Waals surface area contributed by atoms with Crippen molar-refractivity contribution in [2.45, 2.75) is 0 Å². The zero-order valence-corrected chi connectivity index (χ0v) is 13.5. The number of nitrogens with one attached hydrogen (secondary N) is 1. The predicted octanol–water partition coefficient (Wildman–Crippen LogP) is 3.87. The number of nitrogens with zero attached hydrogens (tertiary/aromatic N) is 2. The number of phenols is 2. The topological polar surface area (TPSA) is 108 Å². The van der Waals surface area contributed by atoms with E-state index in [1.165, 1.54) is 42.5 Å². The Labute approximate surface area is 149 Å². The van der Waals surface area contributed by atoms with Crippen molar-refractivity contribution >= 4 is 17.1 Å². The van der Waals surface area contributed by atoms with Crippen molar-refractivity contribution in [1.29, 1.82) is 0 Å². The molecular formula is C19H15N3O4. The summed E-state index contributed by atoms with van der Waals surface area (Å²) in [6.45, 7) is 0. The smallest absolute Gasteiger partial charge is 0.269 e. The highest BCUT2D eigenvalue weighted by Gasteiger charge is 2.15. The fourth-order valence-corrected chi connectivity index (χ4v) is 2.37. The van der Waals surface area contributed by atoms with Crippen molar-refractivity contribution < 1.29 is 15.1 Å². The lowest BCUT2D eigenvalue weighted by Crippen LogP contribution is -2.07. The standard InChI is InChI=1S/C19H15N3O4/c23-16-10-11-18(24)17(12-16)19(21-20-14-4-2-1-3-5-14)13-6-8-15(9-7-13)22(25)26/h1-12,20,23-24H/b21-19+. The second kappa shape index (κ2) is 7.35. The summed E-state index contributed by atoms with van der Waals surface area (Å²) >= 11 is 0. The molecular weight excluding hydrogens is 334 g/mol. The molecule has 0 saturated heterocycles. The molecule has 26 heavy (non-hydrogen) atoms. The van der Waals surface area contributed by atoms with E-state index in [1.54, 1.807) is 0 Å². The summed E-state index contributed by atoms with van der Waals surface area (Å²) in [5.74, 6) is -0.109. The van der Waals surface area contributed by atoms with Crippen LogP contribution < -0.4 is 5.43 Å². The summed E-state index contributed by atoms with van der Waals surface area (Å²) in [6, 6.07) is 19.1. The molecule has 0 aliphatic rings. The number of benzene rings is 3. The van der Waals surface area contributed by atoms with Crippen LogP contribution in [0.5, 0.6) is 11.5 Å². The SMILES string of the molecule is O=[N+]([O-])c1ccc(/C(=N\Nc2ccccc2)c2cc(O)ccc2O)cc1. The zero-order valence-electron chi connectivity index (χ0n) is 13.5. The molecule has 0 atom stereocenters. The van der Waals surface area contributed by atoms with Gasteiger partial charge in [-0.15, -0.1) is 0 Å². The van der Waals surface area contributed by atoms with Crippen LogP contribution in [0.25, 0.3) is 0 Å². The summed E-state index contributed by atoms with van der Waals surface area (Å²) in [5.41, 5.74) is 4.73. The predicted molar refractivity (Wildman–Crippen MR) is 98.6 cm³/mol. The van der Waals surface area contributed by atoms with E-state index in [4.69, 9.17) is 0 Å². The maximum atomic E-state index is 10.9. The largest absolute Gasteiger partial charge is 0.508 e. The van der Waals surface area contributed by atoms with Gasteiger partial charge in [-0.1, -0.05) is 18.2 Å². The molecule has 130 valence electrons. The van der Waals surface area contributed by atoms with Gasteiger partial charge in [0.25, 0.3) is 5.69 Å². The van der Waals surface area contributed by atoms with Gasteiger partial charge in [-0.05, 0) is 42.5 Å². The summed E-state index contributed by atoms with van der Waals surface area (Å²) in [7, 11) is 0. The van der Waals surface area contributed by atoms with E-state index in [-0.39, 0.29) is 17.2 Å². The molecule has 3 aromatic rings. The number of aromatic hydroxyl groups is 2. The number of anilines is 1. The maximum Gasteiger partial charge on any atom is 0.269 e. The molecule has 7 heteroatoms. The Kier molecular flexibility index (Phi) is 4.80. The van der Waals surface area contributed by atoms with Crippen LogP contribution in [0.4, 0.5) is 11.4 Å². The number of rotatable bonds is 5. The highest BCUT2D eigenvalue weighted by Crippen LogP contribution is 2.26. The Bertz CT molecular complexity index is 954. The third kappa shape index (κ3) is 3.78. The maximum absolute atomic E-state index is 10.9. The second-order valence-electron chi connectivity index (χ2n) is 5.44. The van der Waals surface area contributed by atoms with Crippen LogP contribution in [-0.4, -0.2) is 20.8 Å². The number of para-hydroxylation sites is 1. The fraction of sp³-hybridized carbons (Fsp3) is 0. The van der Waals surface area contributed by atoms with Crippen molar-refractivity contribution in [3.05, 3.63) is 94.0 Å². The molecule has 0 heterocycles. The lowest BCUT2D eigenvalue weighted by Gasteiger charge is -2.11. The van der Waals surface area contributed by atoms with Crippen molar-refractivity contribution in [2.75, 3.05) is 5.43 Å². The molecule has 0 aliphatic carbocycles. The first-order valence-electron chi connectivity index (χ1n) is 7.70. The van der Waals surface area contributed by atoms with Crippen molar-refractivity contribution in [1.82, 2.24) is 0 Å². The number of hydrogen-bond donors (Lipinski definition) is 3.